The zero-order valence-corrected chi connectivity index (χ0v) is 11.3. The van der Waals surface area contributed by atoms with Crippen LogP contribution in [0.1, 0.15) is 64.2 Å². The SMILES string of the molecule is CC1CCN([C@@H](C)c2nc(C(C)C)no2)CC1. The lowest BCUT2D eigenvalue weighted by molar-refractivity contribution is 0.124. The average Bonchev–Trinajstić information content (AvgIpc) is 2.78. The molecule has 1 aliphatic rings. The second-order valence-electron chi connectivity index (χ2n) is 5.54. The van der Waals surface area contributed by atoms with Gasteiger partial charge in [-0.05, 0) is 38.8 Å². The van der Waals surface area contributed by atoms with Crippen LogP contribution in [0.5, 0.6) is 0 Å². The summed E-state index contributed by atoms with van der Waals surface area (Å²) in [5.74, 6) is 2.77. The molecule has 0 saturated carbocycles. The van der Waals surface area contributed by atoms with Gasteiger partial charge < -0.3 is 4.52 Å². The molecule has 17 heavy (non-hydrogen) atoms. The normalized spacial score (nSPS) is 21.0. The Morgan fingerprint density at radius 3 is 2.41 bits per heavy atom. The van der Waals surface area contributed by atoms with Crippen LogP contribution in [0, 0.1) is 5.92 Å². The maximum absolute atomic E-state index is 5.37. The highest BCUT2D eigenvalue weighted by Crippen LogP contribution is 2.26. The van der Waals surface area contributed by atoms with Gasteiger partial charge in [-0.3, -0.25) is 4.90 Å². The number of hydrogen-bond donors (Lipinski definition) is 0. The quantitative estimate of drug-likeness (QED) is 0.810. The summed E-state index contributed by atoms with van der Waals surface area (Å²) in [4.78, 5) is 6.93. The van der Waals surface area contributed by atoms with E-state index in [9.17, 15) is 0 Å². The van der Waals surface area contributed by atoms with Gasteiger partial charge in [-0.2, -0.15) is 4.98 Å². The molecule has 1 aromatic heterocycles. The molecule has 0 unspecified atom stereocenters. The summed E-state index contributed by atoms with van der Waals surface area (Å²) in [7, 11) is 0. The van der Waals surface area contributed by atoms with Gasteiger partial charge in [0.2, 0.25) is 5.89 Å². The van der Waals surface area contributed by atoms with Crippen molar-refractivity contribution < 1.29 is 4.52 Å². The standard InChI is InChI=1S/C13H23N3O/c1-9(2)12-14-13(17-15-12)11(4)16-7-5-10(3)6-8-16/h9-11H,5-8H2,1-4H3/t11-/m0/s1. The van der Waals surface area contributed by atoms with Gasteiger partial charge in [0.1, 0.15) is 0 Å². The van der Waals surface area contributed by atoms with E-state index in [4.69, 9.17) is 4.52 Å². The molecule has 0 aliphatic carbocycles. The maximum Gasteiger partial charge on any atom is 0.243 e. The number of piperidine rings is 1. The molecule has 2 rings (SSSR count). The first-order valence-corrected chi connectivity index (χ1v) is 6.65. The van der Waals surface area contributed by atoms with Gasteiger partial charge in [0.15, 0.2) is 5.82 Å². The van der Waals surface area contributed by atoms with Crippen molar-refractivity contribution in [2.45, 2.75) is 52.5 Å². The molecule has 0 radical (unpaired) electrons. The molecule has 2 heterocycles. The van der Waals surface area contributed by atoms with Crippen LogP contribution >= 0.6 is 0 Å². The third-order valence-electron chi connectivity index (χ3n) is 3.70. The molecule has 1 aromatic rings. The molecule has 0 aromatic carbocycles. The highest BCUT2D eigenvalue weighted by atomic mass is 16.5. The topological polar surface area (TPSA) is 42.2 Å². The monoisotopic (exact) mass is 237 g/mol. The summed E-state index contributed by atoms with van der Waals surface area (Å²) in [5.41, 5.74) is 0. The van der Waals surface area contributed by atoms with Crippen molar-refractivity contribution in [1.82, 2.24) is 15.0 Å². The van der Waals surface area contributed by atoms with Gasteiger partial charge in [0.25, 0.3) is 0 Å². The van der Waals surface area contributed by atoms with Crippen molar-refractivity contribution in [3.63, 3.8) is 0 Å². The van der Waals surface area contributed by atoms with Crippen LogP contribution in [0.3, 0.4) is 0 Å². The highest BCUT2D eigenvalue weighted by Gasteiger charge is 2.25. The van der Waals surface area contributed by atoms with E-state index in [1.807, 2.05) is 0 Å². The molecule has 1 aliphatic heterocycles. The average molecular weight is 237 g/mol. The Bertz CT molecular complexity index is 353. The molecular weight excluding hydrogens is 214 g/mol. The van der Waals surface area contributed by atoms with Crippen molar-refractivity contribution >= 4 is 0 Å². The van der Waals surface area contributed by atoms with Crippen molar-refractivity contribution in [2.24, 2.45) is 5.92 Å². The summed E-state index contributed by atoms with van der Waals surface area (Å²) in [6.45, 7) is 10.9. The van der Waals surface area contributed by atoms with Crippen molar-refractivity contribution in [3.8, 4) is 0 Å². The van der Waals surface area contributed by atoms with E-state index >= 15 is 0 Å². The third-order valence-corrected chi connectivity index (χ3v) is 3.70. The van der Waals surface area contributed by atoms with E-state index in [-0.39, 0.29) is 6.04 Å². The van der Waals surface area contributed by atoms with Crippen LogP contribution in [0.15, 0.2) is 4.52 Å². The van der Waals surface area contributed by atoms with Gasteiger partial charge in [-0.1, -0.05) is 25.9 Å². The summed E-state index contributed by atoms with van der Waals surface area (Å²) >= 11 is 0. The Kier molecular flexibility index (Phi) is 3.82. The Labute approximate surface area is 103 Å². The Morgan fingerprint density at radius 2 is 1.88 bits per heavy atom. The van der Waals surface area contributed by atoms with Crippen LogP contribution < -0.4 is 0 Å². The molecule has 1 fully saturated rings. The van der Waals surface area contributed by atoms with Crippen LogP contribution in [-0.2, 0) is 0 Å². The second kappa shape index (κ2) is 5.17. The fraction of sp³-hybridized carbons (Fsp3) is 0.846. The van der Waals surface area contributed by atoms with Crippen LogP contribution in [0.4, 0.5) is 0 Å². The number of likely N-dealkylation sites (tertiary alicyclic amines) is 1. The molecule has 0 N–H and O–H groups in total. The summed E-state index contributed by atoms with van der Waals surface area (Å²) in [6, 6.07) is 0.252. The smallest absolute Gasteiger partial charge is 0.243 e. The Balaban J connectivity index is 2.01. The number of aromatic nitrogens is 2. The molecule has 96 valence electrons. The fourth-order valence-corrected chi connectivity index (χ4v) is 2.22. The minimum Gasteiger partial charge on any atom is -0.338 e. The van der Waals surface area contributed by atoms with Gasteiger partial charge in [0.05, 0.1) is 6.04 Å². The lowest BCUT2D eigenvalue weighted by atomic mass is 9.98. The first kappa shape index (κ1) is 12.6. The molecule has 4 nitrogen and oxygen atoms in total. The van der Waals surface area contributed by atoms with Gasteiger partial charge in [-0.25, -0.2) is 0 Å². The van der Waals surface area contributed by atoms with E-state index in [0.717, 1.165) is 30.7 Å². The van der Waals surface area contributed by atoms with E-state index < -0.39 is 0 Å². The number of hydrogen-bond acceptors (Lipinski definition) is 4. The molecule has 1 atom stereocenters. The highest BCUT2D eigenvalue weighted by molar-refractivity contribution is 4.96. The second-order valence-corrected chi connectivity index (χ2v) is 5.54. The van der Waals surface area contributed by atoms with E-state index in [1.54, 1.807) is 0 Å². The lowest BCUT2D eigenvalue weighted by Gasteiger charge is -2.33. The van der Waals surface area contributed by atoms with Crippen LogP contribution in [-0.4, -0.2) is 28.1 Å². The molecule has 4 heteroatoms. The van der Waals surface area contributed by atoms with E-state index in [1.165, 1.54) is 12.8 Å². The number of rotatable bonds is 3. The predicted octanol–water partition coefficient (Wildman–Crippen LogP) is 2.99. The first-order valence-electron chi connectivity index (χ1n) is 6.65. The van der Waals surface area contributed by atoms with Gasteiger partial charge in [-0.15, -0.1) is 0 Å². The van der Waals surface area contributed by atoms with E-state index in [0.29, 0.717) is 5.92 Å². The maximum atomic E-state index is 5.37. The van der Waals surface area contributed by atoms with Crippen LogP contribution in [0.25, 0.3) is 0 Å². The largest absolute Gasteiger partial charge is 0.338 e. The molecular formula is C13H23N3O. The van der Waals surface area contributed by atoms with Crippen LogP contribution in [0.2, 0.25) is 0 Å². The molecule has 0 bridgehead atoms. The first-order chi connectivity index (χ1) is 8.08. The summed E-state index contributed by atoms with van der Waals surface area (Å²) in [5, 5.41) is 4.03. The Hall–Kier alpha value is -0.900. The van der Waals surface area contributed by atoms with Crippen molar-refractivity contribution in [2.75, 3.05) is 13.1 Å². The van der Waals surface area contributed by atoms with Gasteiger partial charge >= 0.3 is 0 Å². The molecule has 0 spiro atoms. The van der Waals surface area contributed by atoms with Crippen molar-refractivity contribution in [1.29, 1.82) is 0 Å². The zero-order valence-electron chi connectivity index (χ0n) is 11.3. The number of nitrogens with zero attached hydrogens (tertiary/aromatic N) is 3. The summed E-state index contributed by atoms with van der Waals surface area (Å²) in [6.07, 6.45) is 2.55. The summed E-state index contributed by atoms with van der Waals surface area (Å²) < 4.78 is 5.37. The zero-order chi connectivity index (χ0) is 12.4. The van der Waals surface area contributed by atoms with E-state index in [2.05, 4.69) is 42.7 Å². The lowest BCUT2D eigenvalue weighted by Crippen LogP contribution is -2.35. The minimum absolute atomic E-state index is 0.252. The van der Waals surface area contributed by atoms with Crippen molar-refractivity contribution in [3.05, 3.63) is 11.7 Å². The van der Waals surface area contributed by atoms with Gasteiger partial charge in [0, 0.05) is 5.92 Å². The minimum atomic E-state index is 0.252. The molecule has 1 saturated heterocycles. The predicted molar refractivity (Wildman–Crippen MR) is 66.8 cm³/mol. The fourth-order valence-electron chi connectivity index (χ4n) is 2.22. The third kappa shape index (κ3) is 2.86. The Morgan fingerprint density at radius 1 is 1.24 bits per heavy atom. The molecule has 0 amide bonds.